The lowest BCUT2D eigenvalue weighted by Gasteiger charge is -2.39. The number of nitrogens with zero attached hydrogens (tertiary/aromatic N) is 1. The predicted molar refractivity (Wildman–Crippen MR) is 113 cm³/mol. The highest BCUT2D eigenvalue weighted by Gasteiger charge is 2.44. The molecule has 30 heavy (non-hydrogen) atoms. The van der Waals surface area contributed by atoms with Gasteiger partial charge in [0.15, 0.2) is 6.29 Å². The Bertz CT molecular complexity index is 565. The molecule has 0 amide bonds. The molecule has 0 aromatic rings. The van der Waals surface area contributed by atoms with Crippen LogP contribution < -0.4 is 0 Å². The molecule has 6 nitrogen and oxygen atoms in total. The summed E-state index contributed by atoms with van der Waals surface area (Å²) in [5, 5.41) is 9.63. The van der Waals surface area contributed by atoms with Crippen molar-refractivity contribution in [3.63, 3.8) is 0 Å². The fourth-order valence-corrected chi connectivity index (χ4v) is 5.16. The molecule has 2 aliphatic carbocycles. The Hall–Kier alpha value is -1.32. The third-order valence-electron chi connectivity index (χ3n) is 7.32. The zero-order valence-corrected chi connectivity index (χ0v) is 18.8. The quantitative estimate of drug-likeness (QED) is 0.488. The second-order valence-corrected chi connectivity index (χ2v) is 9.54. The fourth-order valence-electron chi connectivity index (χ4n) is 5.16. The zero-order valence-electron chi connectivity index (χ0n) is 18.8. The third-order valence-corrected chi connectivity index (χ3v) is 7.32. The van der Waals surface area contributed by atoms with Gasteiger partial charge in [-0.25, -0.2) is 4.79 Å². The lowest BCUT2D eigenvalue weighted by atomic mass is 9.79. The van der Waals surface area contributed by atoms with Crippen LogP contribution in [0.1, 0.15) is 90.9 Å². The second kappa shape index (κ2) is 11.3. The Morgan fingerprint density at radius 2 is 1.63 bits per heavy atom. The van der Waals surface area contributed by atoms with Crippen LogP contribution in [0.5, 0.6) is 0 Å². The van der Waals surface area contributed by atoms with E-state index in [0.29, 0.717) is 5.92 Å². The molecule has 1 aliphatic heterocycles. The molecule has 0 atom stereocenters. The molecule has 0 radical (unpaired) electrons. The van der Waals surface area contributed by atoms with Gasteiger partial charge < -0.3 is 18.9 Å². The van der Waals surface area contributed by atoms with Crippen LogP contribution in [0.3, 0.4) is 0 Å². The fraction of sp³-hybridized carbons (Fsp3) is 0.917. The van der Waals surface area contributed by atoms with Crippen LogP contribution in [-0.4, -0.2) is 37.4 Å². The maximum Gasteiger partial charge on any atom is 0.510 e. The van der Waals surface area contributed by atoms with Crippen LogP contribution in [0.25, 0.3) is 0 Å². The highest BCUT2D eigenvalue weighted by atomic mass is 16.8. The maximum atomic E-state index is 12.3. The summed E-state index contributed by atoms with van der Waals surface area (Å²) in [5.74, 6) is 1.92. The van der Waals surface area contributed by atoms with Gasteiger partial charge in [-0.1, -0.05) is 39.5 Å². The van der Waals surface area contributed by atoms with Crippen LogP contribution >= 0.6 is 0 Å². The summed E-state index contributed by atoms with van der Waals surface area (Å²) < 4.78 is 22.7. The molecule has 3 aliphatic rings. The van der Waals surface area contributed by atoms with Crippen LogP contribution in [-0.2, 0) is 18.9 Å². The van der Waals surface area contributed by atoms with Crippen LogP contribution in [0, 0.1) is 29.1 Å². The van der Waals surface area contributed by atoms with Gasteiger partial charge in [0.1, 0.15) is 25.4 Å². The number of ether oxygens (including phenoxy) is 4. The monoisotopic (exact) mass is 421 g/mol. The molecule has 0 spiro atoms. The molecule has 0 N–H and O–H groups in total. The molecule has 170 valence electrons. The van der Waals surface area contributed by atoms with E-state index in [-0.39, 0.29) is 25.6 Å². The molecule has 1 heterocycles. The molecule has 1 saturated heterocycles. The van der Waals surface area contributed by atoms with E-state index in [0.717, 1.165) is 50.4 Å². The molecule has 2 saturated carbocycles. The Morgan fingerprint density at radius 3 is 2.20 bits per heavy atom. The van der Waals surface area contributed by atoms with Crippen molar-refractivity contribution in [2.75, 3.05) is 13.2 Å². The molecule has 0 bridgehead atoms. The second-order valence-electron chi connectivity index (χ2n) is 9.54. The third kappa shape index (κ3) is 6.34. The minimum Gasteiger partial charge on any atom is -0.431 e. The average Bonchev–Trinajstić information content (AvgIpc) is 2.79. The van der Waals surface area contributed by atoms with Crippen molar-refractivity contribution in [1.82, 2.24) is 0 Å². The zero-order chi connectivity index (χ0) is 21.4. The standard InChI is InChI=1S/C24H39NO5/c1-3-5-6-19-7-11-20(12-8-19)22-27-16-24(15-25,17-28-22)30-23(26)29-21-13-9-18(4-2)10-14-21/h18-22H,3-14,16-17H2,1-2H3/t18?,19?,20?,21?,22-,24-. The number of hydrogen-bond donors (Lipinski definition) is 0. The summed E-state index contributed by atoms with van der Waals surface area (Å²) in [7, 11) is 0. The van der Waals surface area contributed by atoms with E-state index in [1.165, 1.54) is 38.5 Å². The minimum absolute atomic E-state index is 0.0433. The van der Waals surface area contributed by atoms with Gasteiger partial charge in [-0.2, -0.15) is 5.26 Å². The molecule has 3 rings (SSSR count). The number of unbranched alkanes of at least 4 members (excludes halogenated alkanes) is 1. The smallest absolute Gasteiger partial charge is 0.431 e. The van der Waals surface area contributed by atoms with Crippen molar-refractivity contribution in [1.29, 1.82) is 5.26 Å². The Labute approximate surface area is 181 Å². The van der Waals surface area contributed by atoms with Crippen molar-refractivity contribution in [2.45, 2.75) is 109 Å². The highest BCUT2D eigenvalue weighted by Crippen LogP contribution is 2.37. The lowest BCUT2D eigenvalue weighted by Crippen LogP contribution is -2.51. The molecule has 0 unspecified atom stereocenters. The van der Waals surface area contributed by atoms with E-state index in [4.69, 9.17) is 18.9 Å². The summed E-state index contributed by atoms with van der Waals surface area (Å²) in [5.41, 5.74) is -1.41. The Morgan fingerprint density at radius 1 is 1.00 bits per heavy atom. The van der Waals surface area contributed by atoms with E-state index in [2.05, 4.69) is 19.9 Å². The summed E-state index contributed by atoms with van der Waals surface area (Å²) in [4.78, 5) is 12.3. The van der Waals surface area contributed by atoms with Gasteiger partial charge in [0.25, 0.3) is 0 Å². The number of nitriles is 1. The minimum atomic E-state index is -1.41. The van der Waals surface area contributed by atoms with Gasteiger partial charge in [-0.05, 0) is 63.2 Å². The summed E-state index contributed by atoms with van der Waals surface area (Å²) in [6, 6.07) is 2.08. The summed E-state index contributed by atoms with van der Waals surface area (Å²) in [6.45, 7) is 4.53. The largest absolute Gasteiger partial charge is 0.510 e. The number of carbonyl (C=O) groups excluding carboxylic acids is 1. The van der Waals surface area contributed by atoms with Gasteiger partial charge in [0, 0.05) is 5.92 Å². The molecular weight excluding hydrogens is 382 g/mol. The van der Waals surface area contributed by atoms with Crippen molar-refractivity contribution >= 4 is 6.16 Å². The maximum absolute atomic E-state index is 12.3. The highest BCUT2D eigenvalue weighted by molar-refractivity contribution is 5.61. The normalized spacial score (nSPS) is 37.2. The summed E-state index contributed by atoms with van der Waals surface area (Å²) in [6.07, 6.45) is 12.4. The molecular formula is C24H39NO5. The predicted octanol–water partition coefficient (Wildman–Crippen LogP) is 5.74. The van der Waals surface area contributed by atoms with Gasteiger partial charge in [-0.3, -0.25) is 0 Å². The topological polar surface area (TPSA) is 77.8 Å². The number of carbonyl (C=O) groups is 1. The van der Waals surface area contributed by atoms with Crippen molar-refractivity contribution in [2.24, 2.45) is 17.8 Å². The van der Waals surface area contributed by atoms with Crippen LogP contribution in [0.15, 0.2) is 0 Å². The Balaban J connectivity index is 1.40. The molecule has 6 heteroatoms. The molecule has 0 aromatic heterocycles. The van der Waals surface area contributed by atoms with Crippen LogP contribution in [0.2, 0.25) is 0 Å². The van der Waals surface area contributed by atoms with Crippen molar-refractivity contribution in [3.8, 4) is 6.07 Å². The summed E-state index contributed by atoms with van der Waals surface area (Å²) >= 11 is 0. The van der Waals surface area contributed by atoms with E-state index in [1.54, 1.807) is 0 Å². The lowest BCUT2D eigenvalue weighted by molar-refractivity contribution is -0.261. The Kier molecular flexibility index (Phi) is 8.83. The first-order valence-electron chi connectivity index (χ1n) is 12.1. The average molecular weight is 422 g/mol. The van der Waals surface area contributed by atoms with Crippen molar-refractivity contribution < 1.29 is 23.7 Å². The van der Waals surface area contributed by atoms with Gasteiger partial charge in [0.05, 0.1) is 0 Å². The van der Waals surface area contributed by atoms with Gasteiger partial charge in [0.2, 0.25) is 5.60 Å². The first kappa shape index (κ1) is 23.3. The molecule has 3 fully saturated rings. The van der Waals surface area contributed by atoms with E-state index in [1.807, 2.05) is 0 Å². The van der Waals surface area contributed by atoms with E-state index < -0.39 is 11.8 Å². The number of hydrogen-bond acceptors (Lipinski definition) is 6. The first-order chi connectivity index (χ1) is 14.6. The van der Waals surface area contributed by atoms with E-state index >= 15 is 0 Å². The molecule has 0 aromatic carbocycles. The van der Waals surface area contributed by atoms with Gasteiger partial charge in [-0.15, -0.1) is 0 Å². The van der Waals surface area contributed by atoms with E-state index in [9.17, 15) is 10.1 Å². The SMILES string of the molecule is CCCCC1CCC([C@H]2OC[C@](C#N)(OC(=O)OC3CCC(CC)CC3)CO2)CC1. The van der Waals surface area contributed by atoms with Crippen molar-refractivity contribution in [3.05, 3.63) is 0 Å². The first-order valence-corrected chi connectivity index (χ1v) is 12.1. The van der Waals surface area contributed by atoms with Crippen LogP contribution in [0.4, 0.5) is 4.79 Å². The number of rotatable bonds is 7. The van der Waals surface area contributed by atoms with Gasteiger partial charge >= 0.3 is 6.16 Å².